The van der Waals surface area contributed by atoms with Gasteiger partial charge in [-0.15, -0.1) is 0 Å². The van der Waals surface area contributed by atoms with Crippen LogP contribution in [-0.4, -0.2) is 32.2 Å². The number of methoxy groups -OCH3 is 1. The zero-order valence-electron chi connectivity index (χ0n) is 15.2. The minimum atomic E-state index is -3.57. The van der Waals surface area contributed by atoms with E-state index in [1.807, 2.05) is 19.1 Å². The Kier molecular flexibility index (Phi) is 6.31. The number of amides is 1. The van der Waals surface area contributed by atoms with Gasteiger partial charge in [0.1, 0.15) is 5.75 Å². The summed E-state index contributed by atoms with van der Waals surface area (Å²) in [6.45, 7) is 3.72. The molecule has 8 heteroatoms. The van der Waals surface area contributed by atoms with E-state index in [4.69, 9.17) is 10.5 Å². The van der Waals surface area contributed by atoms with E-state index in [9.17, 15) is 13.2 Å². The topological polar surface area (TPSA) is 114 Å². The number of benzene rings is 1. The predicted octanol–water partition coefficient (Wildman–Crippen LogP) is 2.67. The van der Waals surface area contributed by atoms with E-state index in [2.05, 4.69) is 10.3 Å². The van der Waals surface area contributed by atoms with Crippen molar-refractivity contribution >= 4 is 21.4 Å². The van der Waals surface area contributed by atoms with Crippen LogP contribution in [0.2, 0.25) is 0 Å². The molecule has 0 saturated heterocycles. The highest BCUT2D eigenvalue weighted by atomic mass is 32.2. The van der Waals surface area contributed by atoms with Gasteiger partial charge in [-0.05, 0) is 31.0 Å². The monoisotopic (exact) mass is 379 g/mol. The van der Waals surface area contributed by atoms with E-state index in [-0.39, 0.29) is 33.7 Å². The summed E-state index contributed by atoms with van der Waals surface area (Å²) >= 11 is 0. The number of hydrogen-bond acceptors (Lipinski definition) is 5. The van der Waals surface area contributed by atoms with Crippen molar-refractivity contribution in [2.75, 3.05) is 18.6 Å². The summed E-state index contributed by atoms with van der Waals surface area (Å²) in [5.74, 6) is -0.224. The molecule has 1 amide bonds. The average Bonchev–Trinajstić information content (AvgIpc) is 3.13. The lowest BCUT2D eigenvalue weighted by Crippen LogP contribution is -2.29. The lowest BCUT2D eigenvalue weighted by molar-refractivity contribution is 0.0931. The molecule has 1 aromatic heterocycles. The Morgan fingerprint density at radius 1 is 1.35 bits per heavy atom. The maximum Gasteiger partial charge on any atom is 0.255 e. The summed E-state index contributed by atoms with van der Waals surface area (Å²) in [5.41, 5.74) is 6.97. The van der Waals surface area contributed by atoms with E-state index in [1.54, 1.807) is 13.1 Å². The predicted molar refractivity (Wildman–Crippen MR) is 101 cm³/mol. The van der Waals surface area contributed by atoms with Crippen molar-refractivity contribution < 1.29 is 17.9 Å². The number of hydrogen-bond donors (Lipinski definition) is 3. The Morgan fingerprint density at radius 3 is 2.62 bits per heavy atom. The van der Waals surface area contributed by atoms with Gasteiger partial charge in [0.05, 0.1) is 35.1 Å². The van der Waals surface area contributed by atoms with E-state index in [1.165, 1.54) is 19.2 Å². The first-order valence-electron chi connectivity index (χ1n) is 8.48. The van der Waals surface area contributed by atoms with Crippen molar-refractivity contribution in [3.05, 3.63) is 41.7 Å². The smallest absolute Gasteiger partial charge is 0.255 e. The molecule has 0 fully saturated rings. The van der Waals surface area contributed by atoms with Gasteiger partial charge >= 0.3 is 0 Å². The van der Waals surface area contributed by atoms with Crippen molar-refractivity contribution in [1.29, 1.82) is 0 Å². The first kappa shape index (κ1) is 19.8. The van der Waals surface area contributed by atoms with Gasteiger partial charge in [0.15, 0.2) is 9.84 Å². The number of carbonyl (C=O) groups excluding carboxylic acids is 1. The highest BCUT2D eigenvalue weighted by Crippen LogP contribution is 2.30. The summed E-state index contributed by atoms with van der Waals surface area (Å²) in [4.78, 5) is 15.8. The van der Waals surface area contributed by atoms with Crippen LogP contribution in [0.3, 0.4) is 0 Å². The van der Waals surface area contributed by atoms with Crippen LogP contribution >= 0.6 is 0 Å². The Morgan fingerprint density at radius 2 is 2.08 bits per heavy atom. The fourth-order valence-electron chi connectivity index (χ4n) is 2.77. The Labute approximate surface area is 153 Å². The maximum atomic E-state index is 12.8. The number of nitrogen functional groups attached to an aromatic ring is 1. The second kappa shape index (κ2) is 8.27. The molecule has 1 atom stereocenters. The molecule has 4 N–H and O–H groups in total. The van der Waals surface area contributed by atoms with Crippen LogP contribution in [0.25, 0.3) is 0 Å². The number of nitrogens with two attached hydrogens (primary N) is 1. The number of aromatic amines is 1. The van der Waals surface area contributed by atoms with Gasteiger partial charge < -0.3 is 20.8 Å². The van der Waals surface area contributed by atoms with E-state index in [0.717, 1.165) is 5.69 Å². The lowest BCUT2D eigenvalue weighted by atomic mass is 10.1. The summed E-state index contributed by atoms with van der Waals surface area (Å²) in [7, 11) is -2.16. The van der Waals surface area contributed by atoms with Gasteiger partial charge in [0.2, 0.25) is 0 Å². The number of anilines is 1. The van der Waals surface area contributed by atoms with Crippen LogP contribution in [0.4, 0.5) is 5.69 Å². The van der Waals surface area contributed by atoms with E-state index in [0.29, 0.717) is 12.8 Å². The standard InChI is InChI=1S/C18H25N3O4S/c1-4-9-26(23,24)17-10-12(16(25-3)11-13(17)19)18(22)21-14(5-2)15-7-6-8-20-15/h6-8,10-11,14,20H,4-5,9,19H2,1-3H3,(H,21,22). The van der Waals surface area contributed by atoms with Gasteiger partial charge in [-0.3, -0.25) is 4.79 Å². The van der Waals surface area contributed by atoms with E-state index < -0.39 is 15.7 Å². The van der Waals surface area contributed by atoms with Gasteiger partial charge in [-0.2, -0.15) is 0 Å². The summed E-state index contributed by atoms with van der Waals surface area (Å²) < 4.78 is 30.1. The van der Waals surface area contributed by atoms with Crippen LogP contribution in [0, 0.1) is 0 Å². The first-order chi connectivity index (χ1) is 12.3. The number of H-pyrrole nitrogens is 1. The molecular weight excluding hydrogens is 354 g/mol. The fourth-order valence-corrected chi connectivity index (χ4v) is 4.24. The fraction of sp³-hybridized carbons (Fsp3) is 0.389. The maximum absolute atomic E-state index is 12.8. The van der Waals surface area contributed by atoms with Crippen LogP contribution in [-0.2, 0) is 9.84 Å². The van der Waals surface area contributed by atoms with Crippen molar-refractivity contribution in [2.45, 2.75) is 37.6 Å². The van der Waals surface area contributed by atoms with Gasteiger partial charge in [0, 0.05) is 18.0 Å². The minimum absolute atomic E-state index is 0.0371. The molecule has 0 bridgehead atoms. The molecule has 2 aromatic rings. The molecule has 0 aliphatic heterocycles. The number of rotatable bonds is 8. The zero-order chi connectivity index (χ0) is 19.3. The average molecular weight is 379 g/mol. The molecule has 2 rings (SSSR count). The van der Waals surface area contributed by atoms with Crippen molar-refractivity contribution in [1.82, 2.24) is 10.3 Å². The molecule has 7 nitrogen and oxygen atoms in total. The lowest BCUT2D eigenvalue weighted by Gasteiger charge is -2.18. The number of nitrogens with one attached hydrogen (secondary N) is 2. The molecule has 0 spiro atoms. The summed E-state index contributed by atoms with van der Waals surface area (Å²) in [5, 5.41) is 2.90. The molecule has 1 unspecified atom stereocenters. The third kappa shape index (κ3) is 4.19. The van der Waals surface area contributed by atoms with Gasteiger partial charge in [0.25, 0.3) is 5.91 Å². The van der Waals surface area contributed by atoms with Crippen molar-refractivity contribution in [3.8, 4) is 5.75 Å². The third-order valence-corrected chi connectivity index (χ3v) is 6.06. The van der Waals surface area contributed by atoms with Crippen LogP contribution in [0.1, 0.15) is 48.8 Å². The number of sulfone groups is 1. The molecule has 0 aliphatic carbocycles. The summed E-state index contributed by atoms with van der Waals surface area (Å²) in [6, 6.07) is 6.19. The third-order valence-electron chi connectivity index (χ3n) is 4.10. The van der Waals surface area contributed by atoms with Crippen LogP contribution < -0.4 is 15.8 Å². The summed E-state index contributed by atoms with van der Waals surface area (Å²) in [6.07, 6.45) is 2.91. The molecule has 0 saturated carbocycles. The number of aromatic nitrogens is 1. The van der Waals surface area contributed by atoms with Gasteiger partial charge in [-0.1, -0.05) is 13.8 Å². The molecular formula is C18H25N3O4S. The molecule has 26 heavy (non-hydrogen) atoms. The Balaban J connectivity index is 2.42. The Hall–Kier alpha value is -2.48. The molecule has 1 heterocycles. The van der Waals surface area contributed by atoms with Gasteiger partial charge in [-0.25, -0.2) is 8.42 Å². The molecule has 0 radical (unpaired) electrons. The highest BCUT2D eigenvalue weighted by molar-refractivity contribution is 7.91. The quantitative estimate of drug-likeness (QED) is 0.610. The SMILES string of the molecule is CCCS(=O)(=O)c1cc(C(=O)NC(CC)c2ccc[nH]2)c(OC)cc1N. The first-order valence-corrected chi connectivity index (χ1v) is 10.1. The van der Waals surface area contributed by atoms with Crippen molar-refractivity contribution in [2.24, 2.45) is 0 Å². The van der Waals surface area contributed by atoms with Crippen LogP contribution in [0.15, 0.2) is 35.4 Å². The highest BCUT2D eigenvalue weighted by Gasteiger charge is 2.24. The Bertz CT molecular complexity index is 861. The molecule has 0 aliphatic rings. The largest absolute Gasteiger partial charge is 0.496 e. The van der Waals surface area contributed by atoms with Crippen molar-refractivity contribution in [3.63, 3.8) is 0 Å². The minimum Gasteiger partial charge on any atom is -0.496 e. The number of ether oxygens (including phenoxy) is 1. The number of carbonyl (C=O) groups is 1. The normalized spacial score (nSPS) is 12.6. The second-order valence-electron chi connectivity index (χ2n) is 5.97. The van der Waals surface area contributed by atoms with E-state index >= 15 is 0 Å². The molecule has 142 valence electrons. The van der Waals surface area contributed by atoms with Crippen LogP contribution in [0.5, 0.6) is 5.75 Å². The zero-order valence-corrected chi connectivity index (χ0v) is 16.0. The molecule has 1 aromatic carbocycles. The second-order valence-corrected chi connectivity index (χ2v) is 8.05.